The van der Waals surface area contributed by atoms with E-state index in [1.807, 2.05) is 79.5 Å². The summed E-state index contributed by atoms with van der Waals surface area (Å²) in [5, 5.41) is 3.54. The first kappa shape index (κ1) is 21.2. The number of fused-ring (bicyclic) bond motifs is 1. The summed E-state index contributed by atoms with van der Waals surface area (Å²) in [4.78, 5) is 27.5. The van der Waals surface area contributed by atoms with Gasteiger partial charge >= 0.3 is 0 Å². The highest BCUT2D eigenvalue weighted by Crippen LogP contribution is 2.34. The van der Waals surface area contributed by atoms with Crippen LogP contribution in [0.3, 0.4) is 0 Å². The number of carbonyl (C=O) groups is 2. The topological polar surface area (TPSA) is 54.3 Å². The molecule has 4 rings (SSSR count). The van der Waals surface area contributed by atoms with Gasteiger partial charge in [0.25, 0.3) is 0 Å². The maximum Gasteiger partial charge on any atom is 0.224 e. The Balaban J connectivity index is 1.46. The number of hydrogen-bond acceptors (Lipinski definition) is 2. The highest BCUT2D eigenvalue weighted by molar-refractivity contribution is 6.30. The molecule has 0 aliphatic carbocycles. The van der Waals surface area contributed by atoms with Crippen LogP contribution >= 0.6 is 11.6 Å². The van der Waals surface area contributed by atoms with Gasteiger partial charge in [-0.15, -0.1) is 0 Å². The van der Waals surface area contributed by atoms with Gasteiger partial charge in [-0.1, -0.05) is 29.8 Å². The molecule has 5 nitrogen and oxygen atoms in total. The van der Waals surface area contributed by atoms with E-state index in [0.29, 0.717) is 11.6 Å². The van der Waals surface area contributed by atoms with Crippen molar-refractivity contribution in [2.24, 2.45) is 0 Å². The first-order chi connectivity index (χ1) is 14.9. The van der Waals surface area contributed by atoms with E-state index < -0.39 is 0 Å². The number of aryl methyl sites for hydroxylation is 2. The van der Waals surface area contributed by atoms with Crippen molar-refractivity contribution in [3.05, 3.63) is 88.2 Å². The van der Waals surface area contributed by atoms with Gasteiger partial charge in [0.2, 0.25) is 11.8 Å². The van der Waals surface area contributed by atoms with Gasteiger partial charge in [0, 0.05) is 48.5 Å². The number of hydrogen-bond donors (Lipinski definition) is 1. The molecular weight excluding hydrogens is 410 g/mol. The van der Waals surface area contributed by atoms with E-state index in [-0.39, 0.29) is 30.7 Å². The third kappa shape index (κ3) is 4.67. The number of nitrogens with zero attached hydrogens (tertiary/aromatic N) is 2. The SMILES string of the molecule is Cc1ccc(NC(=O)CCC(=O)N2CCn3cccc3C2c2cccc(Cl)c2)cc1C. The fourth-order valence-electron chi connectivity index (χ4n) is 4.09. The van der Waals surface area contributed by atoms with Gasteiger partial charge in [-0.05, 0) is 66.9 Å². The minimum atomic E-state index is -0.210. The Morgan fingerprint density at radius 1 is 1.00 bits per heavy atom. The zero-order valence-electron chi connectivity index (χ0n) is 17.8. The second-order valence-corrected chi connectivity index (χ2v) is 8.45. The minimum absolute atomic E-state index is 0.0346. The van der Waals surface area contributed by atoms with E-state index in [9.17, 15) is 9.59 Å². The first-order valence-corrected chi connectivity index (χ1v) is 10.9. The molecule has 0 saturated carbocycles. The summed E-state index contributed by atoms with van der Waals surface area (Å²) in [6.45, 7) is 5.37. The highest BCUT2D eigenvalue weighted by atomic mass is 35.5. The molecule has 1 atom stereocenters. The monoisotopic (exact) mass is 435 g/mol. The third-order valence-corrected chi connectivity index (χ3v) is 6.11. The number of aromatic nitrogens is 1. The molecule has 31 heavy (non-hydrogen) atoms. The number of anilines is 1. The van der Waals surface area contributed by atoms with Crippen LogP contribution in [0.25, 0.3) is 0 Å². The number of benzene rings is 2. The van der Waals surface area contributed by atoms with Crippen LogP contribution in [0.15, 0.2) is 60.8 Å². The molecule has 3 aromatic rings. The predicted molar refractivity (Wildman–Crippen MR) is 123 cm³/mol. The van der Waals surface area contributed by atoms with Gasteiger partial charge in [0.05, 0.1) is 6.04 Å². The molecule has 0 spiro atoms. The molecule has 1 aliphatic heterocycles. The second-order valence-electron chi connectivity index (χ2n) is 8.02. The molecule has 0 saturated heterocycles. The molecule has 2 aromatic carbocycles. The number of nitrogens with one attached hydrogen (secondary N) is 1. The Labute approximate surface area is 187 Å². The Morgan fingerprint density at radius 2 is 1.84 bits per heavy atom. The van der Waals surface area contributed by atoms with Crippen molar-refractivity contribution in [1.82, 2.24) is 9.47 Å². The van der Waals surface area contributed by atoms with Crippen LogP contribution in [0.5, 0.6) is 0 Å². The minimum Gasteiger partial charge on any atom is -0.348 e. The number of amides is 2. The first-order valence-electron chi connectivity index (χ1n) is 10.5. The van der Waals surface area contributed by atoms with E-state index in [0.717, 1.165) is 29.1 Å². The molecule has 2 amide bonds. The average Bonchev–Trinajstić information content (AvgIpc) is 3.23. The second kappa shape index (κ2) is 8.98. The number of halogens is 1. The zero-order chi connectivity index (χ0) is 22.0. The van der Waals surface area contributed by atoms with Crippen LogP contribution in [0, 0.1) is 13.8 Å². The molecule has 1 aliphatic rings. The summed E-state index contributed by atoms with van der Waals surface area (Å²) in [5.74, 6) is -0.191. The number of rotatable bonds is 5. The molecule has 1 N–H and O–H groups in total. The highest BCUT2D eigenvalue weighted by Gasteiger charge is 2.32. The molecule has 1 aromatic heterocycles. The lowest BCUT2D eigenvalue weighted by atomic mass is 9.99. The van der Waals surface area contributed by atoms with E-state index in [1.54, 1.807) is 0 Å². The van der Waals surface area contributed by atoms with Crippen molar-refractivity contribution >= 4 is 29.1 Å². The average molecular weight is 436 g/mol. The van der Waals surface area contributed by atoms with E-state index in [1.165, 1.54) is 5.56 Å². The largest absolute Gasteiger partial charge is 0.348 e. The van der Waals surface area contributed by atoms with Crippen LogP contribution < -0.4 is 5.32 Å². The standard InChI is InChI=1S/C25H26ClN3O2/c1-17-8-9-21(15-18(17)2)27-23(30)10-11-24(31)29-14-13-28-12-4-7-22(28)25(29)19-5-3-6-20(26)16-19/h3-9,12,15-16,25H,10-11,13-14H2,1-2H3,(H,27,30). The molecule has 2 heterocycles. The van der Waals surface area contributed by atoms with Crippen molar-refractivity contribution in [3.8, 4) is 0 Å². The Hall–Kier alpha value is -3.05. The normalized spacial score (nSPS) is 15.5. The zero-order valence-corrected chi connectivity index (χ0v) is 18.5. The molecular formula is C25H26ClN3O2. The Morgan fingerprint density at radius 3 is 2.61 bits per heavy atom. The van der Waals surface area contributed by atoms with Crippen LogP contribution in [0.4, 0.5) is 5.69 Å². The predicted octanol–water partition coefficient (Wildman–Crippen LogP) is 5.11. The van der Waals surface area contributed by atoms with Crippen molar-refractivity contribution in [2.45, 2.75) is 39.3 Å². The maximum absolute atomic E-state index is 13.2. The van der Waals surface area contributed by atoms with Gasteiger partial charge in [-0.2, -0.15) is 0 Å². The van der Waals surface area contributed by atoms with Crippen molar-refractivity contribution in [3.63, 3.8) is 0 Å². The van der Waals surface area contributed by atoms with Crippen molar-refractivity contribution in [1.29, 1.82) is 0 Å². The molecule has 0 fully saturated rings. The third-order valence-electron chi connectivity index (χ3n) is 5.88. The van der Waals surface area contributed by atoms with Gasteiger partial charge in [0.1, 0.15) is 0 Å². The fourth-order valence-corrected chi connectivity index (χ4v) is 4.28. The lowest BCUT2D eigenvalue weighted by Gasteiger charge is -2.37. The van der Waals surface area contributed by atoms with Crippen LogP contribution in [0.2, 0.25) is 5.02 Å². The fraction of sp³-hybridized carbons (Fsp3) is 0.280. The lowest BCUT2D eigenvalue weighted by molar-refractivity contribution is -0.135. The van der Waals surface area contributed by atoms with E-state index >= 15 is 0 Å². The van der Waals surface area contributed by atoms with Gasteiger partial charge in [-0.3, -0.25) is 9.59 Å². The summed E-state index contributed by atoms with van der Waals surface area (Å²) in [7, 11) is 0. The maximum atomic E-state index is 13.2. The van der Waals surface area contributed by atoms with E-state index in [2.05, 4.69) is 9.88 Å². The molecule has 6 heteroatoms. The van der Waals surface area contributed by atoms with Gasteiger partial charge < -0.3 is 14.8 Å². The summed E-state index contributed by atoms with van der Waals surface area (Å²) in [5.41, 5.74) is 5.08. The van der Waals surface area contributed by atoms with Crippen molar-refractivity contribution < 1.29 is 9.59 Å². The Kier molecular flexibility index (Phi) is 6.14. The summed E-state index contributed by atoms with van der Waals surface area (Å²) in [6, 6.07) is 17.3. The van der Waals surface area contributed by atoms with E-state index in [4.69, 9.17) is 11.6 Å². The van der Waals surface area contributed by atoms with Crippen LogP contribution in [-0.2, 0) is 16.1 Å². The van der Waals surface area contributed by atoms with Gasteiger partial charge in [0.15, 0.2) is 0 Å². The quantitative estimate of drug-likeness (QED) is 0.605. The molecule has 1 unspecified atom stereocenters. The smallest absolute Gasteiger partial charge is 0.224 e. The summed E-state index contributed by atoms with van der Waals surface area (Å²) in [6.07, 6.45) is 2.34. The van der Waals surface area contributed by atoms with Gasteiger partial charge in [-0.25, -0.2) is 0 Å². The summed E-state index contributed by atoms with van der Waals surface area (Å²) < 4.78 is 2.17. The molecule has 0 radical (unpaired) electrons. The Bertz CT molecular complexity index is 1120. The van der Waals surface area contributed by atoms with Crippen molar-refractivity contribution in [2.75, 3.05) is 11.9 Å². The lowest BCUT2D eigenvalue weighted by Crippen LogP contribution is -2.42. The van der Waals surface area contributed by atoms with Crippen LogP contribution in [0.1, 0.15) is 41.3 Å². The molecule has 0 bridgehead atoms. The van der Waals surface area contributed by atoms with Crippen LogP contribution in [-0.4, -0.2) is 27.8 Å². The number of carbonyl (C=O) groups excluding carboxylic acids is 2. The molecule has 160 valence electrons. The summed E-state index contributed by atoms with van der Waals surface area (Å²) >= 11 is 6.23.